The molecule has 2 fully saturated rings. The molecule has 0 aromatic heterocycles. The summed E-state index contributed by atoms with van der Waals surface area (Å²) in [5, 5.41) is 0. The number of carbonyl (C=O) groups is 3. The Morgan fingerprint density at radius 2 is 1.67 bits per heavy atom. The Kier molecular flexibility index (Phi) is 4.38. The zero-order valence-corrected chi connectivity index (χ0v) is 15.4. The van der Waals surface area contributed by atoms with Crippen molar-refractivity contribution >= 4 is 35.3 Å². The van der Waals surface area contributed by atoms with E-state index in [0.29, 0.717) is 42.9 Å². The number of alkyl halides is 3. The molecule has 4 rings (SSSR count). The first-order chi connectivity index (χ1) is 14.2. The molecule has 0 atom stereocenters. The second kappa shape index (κ2) is 6.69. The highest BCUT2D eigenvalue weighted by Gasteiger charge is 2.61. The number of anilines is 2. The quantitative estimate of drug-likeness (QED) is 0.406. The number of imide groups is 1. The maximum absolute atomic E-state index is 13.4. The number of nitrogens with zero attached hydrogens (tertiary/aromatic N) is 3. The third-order valence-electron chi connectivity index (χ3n) is 5.54. The zero-order valence-electron chi connectivity index (χ0n) is 15.4. The standard InChI is InChI=1S/C21H14F3N3O3/c1-25-17-8-7-15(11-16(17)21(22,23)24)26-18(29)20(9-2-10-20)27(19(26)30)14-5-3-13(12-28)4-6-14/h3-8,11-12H,2,9-10H2. The van der Waals surface area contributed by atoms with Crippen molar-refractivity contribution in [1.82, 2.24) is 0 Å². The number of hydrogen-bond acceptors (Lipinski definition) is 3. The van der Waals surface area contributed by atoms with Crippen LogP contribution >= 0.6 is 0 Å². The lowest BCUT2D eigenvalue weighted by Gasteiger charge is -2.42. The topological polar surface area (TPSA) is 62.1 Å². The first-order valence-corrected chi connectivity index (χ1v) is 9.05. The third-order valence-corrected chi connectivity index (χ3v) is 5.54. The van der Waals surface area contributed by atoms with E-state index in [2.05, 4.69) is 4.85 Å². The number of hydrogen-bond donors (Lipinski definition) is 0. The molecule has 1 saturated carbocycles. The van der Waals surface area contributed by atoms with E-state index in [-0.39, 0.29) is 5.69 Å². The number of halogens is 3. The van der Waals surface area contributed by atoms with E-state index >= 15 is 0 Å². The Bertz CT molecular complexity index is 1100. The molecule has 1 aliphatic carbocycles. The molecule has 2 aromatic rings. The van der Waals surface area contributed by atoms with Gasteiger partial charge in [0.15, 0.2) is 5.69 Å². The molecule has 0 bridgehead atoms. The van der Waals surface area contributed by atoms with Crippen molar-refractivity contribution in [1.29, 1.82) is 0 Å². The smallest absolute Gasteiger partial charge is 0.298 e. The molecule has 30 heavy (non-hydrogen) atoms. The van der Waals surface area contributed by atoms with Crippen molar-refractivity contribution in [2.75, 3.05) is 9.80 Å². The highest BCUT2D eigenvalue weighted by Crippen LogP contribution is 2.48. The SMILES string of the molecule is [C-]#[N+]c1ccc(N2C(=O)N(c3ccc(C=O)cc3)C3(CCC3)C2=O)cc1C(F)(F)F. The Labute approximate surface area is 169 Å². The van der Waals surface area contributed by atoms with Crippen molar-refractivity contribution in [3.8, 4) is 0 Å². The molecule has 1 spiro atoms. The summed E-state index contributed by atoms with van der Waals surface area (Å²) >= 11 is 0. The van der Waals surface area contributed by atoms with Crippen LogP contribution in [0.4, 0.5) is 35.0 Å². The number of urea groups is 1. The van der Waals surface area contributed by atoms with Crippen LogP contribution in [-0.2, 0) is 11.0 Å². The lowest BCUT2D eigenvalue weighted by Crippen LogP contribution is -2.55. The van der Waals surface area contributed by atoms with E-state index in [0.717, 1.165) is 11.0 Å². The lowest BCUT2D eigenvalue weighted by molar-refractivity contribution is -0.137. The van der Waals surface area contributed by atoms with Crippen LogP contribution in [-0.4, -0.2) is 23.8 Å². The minimum Gasteiger partial charge on any atom is -0.298 e. The van der Waals surface area contributed by atoms with Gasteiger partial charge >= 0.3 is 12.2 Å². The Balaban J connectivity index is 1.81. The van der Waals surface area contributed by atoms with Gasteiger partial charge in [0.2, 0.25) is 0 Å². The average molecular weight is 413 g/mol. The number of aldehydes is 1. The first kappa shape index (κ1) is 19.6. The van der Waals surface area contributed by atoms with Crippen molar-refractivity contribution in [2.24, 2.45) is 0 Å². The predicted octanol–water partition coefficient (Wildman–Crippen LogP) is 4.96. The highest BCUT2D eigenvalue weighted by atomic mass is 19.4. The first-order valence-electron chi connectivity index (χ1n) is 9.05. The van der Waals surface area contributed by atoms with Gasteiger partial charge in [-0.3, -0.25) is 14.5 Å². The molecule has 3 amide bonds. The maximum atomic E-state index is 13.4. The third kappa shape index (κ3) is 2.76. The van der Waals surface area contributed by atoms with Gasteiger partial charge in [-0.05, 0) is 55.7 Å². The zero-order chi connectivity index (χ0) is 21.7. The summed E-state index contributed by atoms with van der Waals surface area (Å²) in [6.45, 7) is 6.95. The van der Waals surface area contributed by atoms with E-state index in [1.54, 1.807) is 0 Å². The van der Waals surface area contributed by atoms with Gasteiger partial charge in [-0.2, -0.15) is 13.2 Å². The van der Waals surface area contributed by atoms with E-state index in [9.17, 15) is 27.6 Å². The molecule has 2 aromatic carbocycles. The van der Waals surface area contributed by atoms with Crippen LogP contribution in [0.5, 0.6) is 0 Å². The average Bonchev–Trinajstić information content (AvgIpc) is 2.93. The van der Waals surface area contributed by atoms with Gasteiger partial charge < -0.3 is 0 Å². The lowest BCUT2D eigenvalue weighted by atomic mass is 9.75. The van der Waals surface area contributed by atoms with Gasteiger partial charge in [-0.1, -0.05) is 6.07 Å². The minimum absolute atomic E-state index is 0.233. The molecule has 2 aliphatic rings. The summed E-state index contributed by atoms with van der Waals surface area (Å²) in [6.07, 6.45) is -2.70. The van der Waals surface area contributed by atoms with Crippen LogP contribution in [0.15, 0.2) is 42.5 Å². The molecule has 0 unspecified atom stereocenters. The molecular weight excluding hydrogens is 399 g/mol. The second-order valence-electron chi connectivity index (χ2n) is 7.16. The molecular formula is C21H14F3N3O3. The molecule has 1 heterocycles. The molecule has 1 aliphatic heterocycles. The van der Waals surface area contributed by atoms with Crippen LogP contribution in [0, 0.1) is 6.57 Å². The van der Waals surface area contributed by atoms with E-state index in [4.69, 9.17) is 6.57 Å². The fraction of sp³-hybridized carbons (Fsp3) is 0.238. The van der Waals surface area contributed by atoms with Crippen LogP contribution in [0.3, 0.4) is 0 Å². The molecule has 0 radical (unpaired) electrons. The number of benzene rings is 2. The number of carbonyl (C=O) groups excluding carboxylic acids is 3. The largest absolute Gasteiger partial charge is 0.407 e. The molecule has 152 valence electrons. The normalized spacial score (nSPS) is 17.8. The molecule has 9 heteroatoms. The Morgan fingerprint density at radius 1 is 1.03 bits per heavy atom. The summed E-state index contributed by atoms with van der Waals surface area (Å²) in [5.41, 5.74) is -2.42. The van der Waals surface area contributed by atoms with E-state index < -0.39 is 34.9 Å². The van der Waals surface area contributed by atoms with Crippen molar-refractivity contribution in [2.45, 2.75) is 31.0 Å². The Hall–Kier alpha value is -3.67. The molecule has 6 nitrogen and oxygen atoms in total. The van der Waals surface area contributed by atoms with Gasteiger partial charge in [0.1, 0.15) is 11.8 Å². The van der Waals surface area contributed by atoms with Crippen LogP contribution < -0.4 is 9.80 Å². The van der Waals surface area contributed by atoms with Crippen molar-refractivity contribution in [3.63, 3.8) is 0 Å². The Morgan fingerprint density at radius 3 is 2.17 bits per heavy atom. The van der Waals surface area contributed by atoms with Crippen molar-refractivity contribution < 1.29 is 27.6 Å². The van der Waals surface area contributed by atoms with Crippen LogP contribution in [0.2, 0.25) is 0 Å². The van der Waals surface area contributed by atoms with E-state index in [1.807, 2.05) is 0 Å². The van der Waals surface area contributed by atoms with Gasteiger partial charge in [-0.25, -0.2) is 14.5 Å². The van der Waals surface area contributed by atoms with Gasteiger partial charge in [0.05, 0.1) is 17.8 Å². The van der Waals surface area contributed by atoms with E-state index in [1.165, 1.54) is 35.2 Å². The summed E-state index contributed by atoms with van der Waals surface area (Å²) in [5.74, 6) is -0.595. The fourth-order valence-electron chi connectivity index (χ4n) is 3.90. The monoisotopic (exact) mass is 413 g/mol. The summed E-state index contributed by atoms with van der Waals surface area (Å²) in [7, 11) is 0. The van der Waals surface area contributed by atoms with Gasteiger partial charge in [0.25, 0.3) is 5.91 Å². The van der Waals surface area contributed by atoms with Gasteiger partial charge in [-0.15, -0.1) is 0 Å². The van der Waals surface area contributed by atoms with Crippen LogP contribution in [0.1, 0.15) is 35.2 Å². The predicted molar refractivity (Wildman–Crippen MR) is 101 cm³/mol. The maximum Gasteiger partial charge on any atom is 0.407 e. The summed E-state index contributed by atoms with van der Waals surface area (Å²) in [6, 6.07) is 8.09. The number of rotatable bonds is 3. The minimum atomic E-state index is -4.81. The summed E-state index contributed by atoms with van der Waals surface area (Å²) < 4.78 is 40.1. The van der Waals surface area contributed by atoms with Crippen molar-refractivity contribution in [3.05, 3.63) is 65.0 Å². The molecule has 0 N–H and O–H groups in total. The summed E-state index contributed by atoms with van der Waals surface area (Å²) in [4.78, 5) is 42.2. The van der Waals surface area contributed by atoms with Crippen LogP contribution in [0.25, 0.3) is 4.85 Å². The highest BCUT2D eigenvalue weighted by molar-refractivity contribution is 6.30. The fourth-order valence-corrected chi connectivity index (χ4v) is 3.90. The van der Waals surface area contributed by atoms with Gasteiger partial charge in [0, 0.05) is 11.3 Å². The second-order valence-corrected chi connectivity index (χ2v) is 7.16. The molecule has 1 saturated heterocycles. The number of amides is 3.